The van der Waals surface area contributed by atoms with Crippen LogP contribution < -0.4 is 0 Å². The fourth-order valence-corrected chi connectivity index (χ4v) is 3.90. The minimum atomic E-state index is -0.787. The van der Waals surface area contributed by atoms with Crippen LogP contribution in [0.25, 0.3) is 9.75 Å². The van der Waals surface area contributed by atoms with E-state index in [0.29, 0.717) is 13.2 Å². The number of nitrogens with zero attached hydrogens (tertiary/aromatic N) is 2. The molecule has 0 atom stereocenters. The van der Waals surface area contributed by atoms with E-state index >= 15 is 0 Å². The first-order valence-electron chi connectivity index (χ1n) is 4.58. The summed E-state index contributed by atoms with van der Waals surface area (Å²) >= 11 is 3.24. The van der Waals surface area contributed by atoms with E-state index in [1.54, 1.807) is 22.7 Å². The summed E-state index contributed by atoms with van der Waals surface area (Å²) in [5, 5.41) is 0. The van der Waals surface area contributed by atoms with Gasteiger partial charge < -0.3 is 9.47 Å². The van der Waals surface area contributed by atoms with Crippen molar-refractivity contribution in [3.8, 4) is 9.75 Å². The Morgan fingerprint density at radius 2 is 1.53 bits per heavy atom. The summed E-state index contributed by atoms with van der Waals surface area (Å²) in [6.07, 6.45) is 0. The fourth-order valence-electron chi connectivity index (χ4n) is 2.08. The maximum atomic E-state index is 5.74. The Balaban J connectivity index is 2.09. The molecule has 1 saturated heterocycles. The summed E-state index contributed by atoms with van der Waals surface area (Å²) in [6.45, 7) is 1.21. The van der Waals surface area contributed by atoms with Crippen LogP contribution in [0.2, 0.25) is 0 Å². The lowest BCUT2D eigenvalue weighted by Crippen LogP contribution is -2.27. The first-order valence-corrected chi connectivity index (χ1v) is 6.34. The lowest BCUT2D eigenvalue weighted by Gasteiger charge is -2.19. The van der Waals surface area contributed by atoms with Gasteiger partial charge >= 0.3 is 0 Å². The number of hydrogen-bond donors (Lipinski definition) is 0. The average molecular weight is 238 g/mol. The van der Waals surface area contributed by atoms with Gasteiger partial charge in [-0.1, -0.05) is 0 Å². The number of ether oxygens (including phenoxy) is 2. The molecule has 4 rings (SSSR count). The van der Waals surface area contributed by atoms with Gasteiger partial charge in [-0.15, -0.1) is 22.7 Å². The van der Waals surface area contributed by atoms with Crippen molar-refractivity contribution in [1.29, 1.82) is 0 Å². The molecule has 1 fully saturated rings. The molecule has 0 amide bonds. The first kappa shape index (κ1) is 8.35. The van der Waals surface area contributed by atoms with Crippen molar-refractivity contribution < 1.29 is 9.47 Å². The Bertz CT molecular complexity index is 485. The van der Waals surface area contributed by atoms with E-state index in [2.05, 4.69) is 9.97 Å². The van der Waals surface area contributed by atoms with Gasteiger partial charge in [-0.25, -0.2) is 9.97 Å². The third kappa shape index (κ3) is 0.844. The lowest BCUT2D eigenvalue weighted by atomic mass is 10.2. The van der Waals surface area contributed by atoms with Gasteiger partial charge in [0.1, 0.15) is 11.4 Å². The fraction of sp³-hybridized carbons (Fsp3) is 0.333. The highest BCUT2D eigenvalue weighted by Crippen LogP contribution is 2.53. The summed E-state index contributed by atoms with van der Waals surface area (Å²) in [6, 6.07) is 0. The Kier molecular flexibility index (Phi) is 1.47. The molecule has 2 aliphatic rings. The molecule has 3 heterocycles. The zero-order valence-corrected chi connectivity index (χ0v) is 9.23. The first-order chi connectivity index (χ1) is 7.42. The normalized spacial score (nSPS) is 20.8. The predicted octanol–water partition coefficient (Wildman–Crippen LogP) is 1.83. The smallest absolute Gasteiger partial charge is 0.260 e. The second kappa shape index (κ2) is 2.65. The van der Waals surface area contributed by atoms with Crippen molar-refractivity contribution in [1.82, 2.24) is 9.97 Å². The van der Waals surface area contributed by atoms with Crippen LogP contribution in [0.1, 0.15) is 11.4 Å². The van der Waals surface area contributed by atoms with Gasteiger partial charge in [0.05, 0.1) is 34.0 Å². The summed E-state index contributed by atoms with van der Waals surface area (Å²) in [7, 11) is 0. The highest BCUT2D eigenvalue weighted by atomic mass is 32.1. The van der Waals surface area contributed by atoms with E-state index < -0.39 is 5.79 Å². The maximum absolute atomic E-state index is 5.74. The average Bonchev–Trinajstić information content (AvgIpc) is 3.00. The SMILES string of the molecule is c1nc2c(s1)-c1scnc1C21OCCO1. The molecular formula is C9H6N2O2S2. The summed E-state index contributed by atoms with van der Waals surface area (Å²) in [5.41, 5.74) is 5.44. The number of rotatable bonds is 0. The maximum Gasteiger partial charge on any atom is 0.260 e. The van der Waals surface area contributed by atoms with Crippen LogP contribution in [-0.2, 0) is 15.3 Å². The Labute approximate surface area is 93.5 Å². The summed E-state index contributed by atoms with van der Waals surface area (Å²) in [4.78, 5) is 11.0. The molecule has 76 valence electrons. The standard InChI is InChI=1S/C9H6N2O2S2/c1-2-13-9(12-1)7-5(14-3-10-7)6-8(9)11-4-15-6/h3-4H,1-2H2. The van der Waals surface area contributed by atoms with Crippen LogP contribution in [0.3, 0.4) is 0 Å². The van der Waals surface area contributed by atoms with E-state index in [1.165, 1.54) is 0 Å². The molecule has 1 spiro atoms. The van der Waals surface area contributed by atoms with Crippen LogP contribution >= 0.6 is 22.7 Å². The van der Waals surface area contributed by atoms with E-state index in [4.69, 9.17) is 9.47 Å². The highest BCUT2D eigenvalue weighted by Gasteiger charge is 2.53. The van der Waals surface area contributed by atoms with Gasteiger partial charge in [0.2, 0.25) is 0 Å². The van der Waals surface area contributed by atoms with Crippen molar-refractivity contribution >= 4 is 22.7 Å². The van der Waals surface area contributed by atoms with Crippen molar-refractivity contribution in [2.45, 2.75) is 5.79 Å². The van der Waals surface area contributed by atoms with Crippen LogP contribution in [0, 0.1) is 0 Å². The molecule has 1 aliphatic heterocycles. The molecule has 6 heteroatoms. The van der Waals surface area contributed by atoms with Crippen molar-refractivity contribution in [3.63, 3.8) is 0 Å². The zero-order valence-electron chi connectivity index (χ0n) is 7.60. The molecule has 15 heavy (non-hydrogen) atoms. The topological polar surface area (TPSA) is 44.2 Å². The monoisotopic (exact) mass is 238 g/mol. The minimum absolute atomic E-state index is 0.605. The quantitative estimate of drug-likeness (QED) is 0.702. The molecule has 0 bridgehead atoms. The number of aromatic nitrogens is 2. The van der Waals surface area contributed by atoms with Crippen LogP contribution in [0.4, 0.5) is 0 Å². The van der Waals surface area contributed by atoms with Crippen molar-refractivity contribution in [3.05, 3.63) is 22.4 Å². The molecule has 4 nitrogen and oxygen atoms in total. The van der Waals surface area contributed by atoms with Gasteiger partial charge in [0.15, 0.2) is 0 Å². The van der Waals surface area contributed by atoms with Gasteiger partial charge in [-0.05, 0) is 0 Å². The highest BCUT2D eigenvalue weighted by molar-refractivity contribution is 7.20. The molecular weight excluding hydrogens is 232 g/mol. The van der Waals surface area contributed by atoms with Crippen LogP contribution in [0.15, 0.2) is 11.0 Å². The lowest BCUT2D eigenvalue weighted by molar-refractivity contribution is -0.131. The summed E-state index contributed by atoms with van der Waals surface area (Å²) < 4.78 is 11.5. The molecule has 2 aromatic heterocycles. The number of fused-ring (bicyclic) bond motifs is 5. The van der Waals surface area contributed by atoms with E-state index in [1.807, 2.05) is 11.0 Å². The Hall–Kier alpha value is -0.820. The largest absolute Gasteiger partial charge is 0.337 e. The molecule has 0 radical (unpaired) electrons. The van der Waals surface area contributed by atoms with E-state index in [0.717, 1.165) is 21.1 Å². The van der Waals surface area contributed by atoms with Gasteiger partial charge in [0, 0.05) is 0 Å². The van der Waals surface area contributed by atoms with Crippen molar-refractivity contribution in [2.24, 2.45) is 0 Å². The molecule has 0 N–H and O–H groups in total. The predicted molar refractivity (Wildman–Crippen MR) is 55.9 cm³/mol. The van der Waals surface area contributed by atoms with Crippen LogP contribution in [-0.4, -0.2) is 23.2 Å². The number of thiazole rings is 2. The molecule has 0 saturated carbocycles. The third-order valence-corrected chi connectivity index (χ3v) is 4.48. The van der Waals surface area contributed by atoms with E-state index in [-0.39, 0.29) is 0 Å². The van der Waals surface area contributed by atoms with Crippen LogP contribution in [0.5, 0.6) is 0 Å². The Morgan fingerprint density at radius 1 is 1.00 bits per heavy atom. The molecule has 0 aromatic carbocycles. The Morgan fingerprint density at radius 3 is 2.07 bits per heavy atom. The van der Waals surface area contributed by atoms with Crippen molar-refractivity contribution in [2.75, 3.05) is 13.2 Å². The number of hydrogen-bond acceptors (Lipinski definition) is 6. The zero-order chi connectivity index (χ0) is 9.88. The third-order valence-electron chi connectivity index (χ3n) is 2.66. The van der Waals surface area contributed by atoms with Gasteiger partial charge in [-0.2, -0.15) is 0 Å². The van der Waals surface area contributed by atoms with E-state index in [9.17, 15) is 0 Å². The second-order valence-electron chi connectivity index (χ2n) is 3.37. The van der Waals surface area contributed by atoms with Gasteiger partial charge in [-0.3, -0.25) is 0 Å². The molecule has 0 unspecified atom stereocenters. The summed E-state index contributed by atoms with van der Waals surface area (Å²) in [5.74, 6) is -0.787. The minimum Gasteiger partial charge on any atom is -0.337 e. The molecule has 2 aromatic rings. The molecule has 1 aliphatic carbocycles. The second-order valence-corrected chi connectivity index (χ2v) is 5.08. The van der Waals surface area contributed by atoms with Gasteiger partial charge in [0.25, 0.3) is 5.79 Å².